The van der Waals surface area contributed by atoms with Crippen LogP contribution in [0.3, 0.4) is 0 Å². The van der Waals surface area contributed by atoms with Crippen molar-refractivity contribution in [3.63, 3.8) is 0 Å². The minimum Gasteiger partial charge on any atom is -0.313 e. The fourth-order valence-corrected chi connectivity index (χ4v) is 1.28. The van der Waals surface area contributed by atoms with Gasteiger partial charge in [0, 0.05) is 17.8 Å². The van der Waals surface area contributed by atoms with Crippen molar-refractivity contribution in [1.29, 1.82) is 0 Å². The molecule has 0 amide bonds. The van der Waals surface area contributed by atoms with Crippen LogP contribution in [0.2, 0.25) is 0 Å². The molecular formula is C10H19N3. The summed E-state index contributed by atoms with van der Waals surface area (Å²) >= 11 is 0. The summed E-state index contributed by atoms with van der Waals surface area (Å²) in [5.41, 5.74) is 2.44. The van der Waals surface area contributed by atoms with Gasteiger partial charge >= 0.3 is 0 Å². The van der Waals surface area contributed by atoms with E-state index in [9.17, 15) is 0 Å². The van der Waals surface area contributed by atoms with E-state index >= 15 is 0 Å². The van der Waals surface area contributed by atoms with Gasteiger partial charge in [0.15, 0.2) is 0 Å². The third kappa shape index (κ3) is 3.59. The molecule has 0 spiro atoms. The molecule has 0 atom stereocenters. The number of hydrogen-bond donors (Lipinski definition) is 2. The molecule has 1 rings (SSSR count). The molecule has 0 fully saturated rings. The van der Waals surface area contributed by atoms with Crippen molar-refractivity contribution >= 4 is 0 Å². The molecule has 0 unspecified atom stereocenters. The van der Waals surface area contributed by atoms with E-state index in [0.717, 1.165) is 13.1 Å². The first-order valence-corrected chi connectivity index (χ1v) is 5.04. The molecule has 0 saturated heterocycles. The maximum Gasteiger partial charge on any atom is 0.0535 e. The van der Waals surface area contributed by atoms with Crippen LogP contribution in [0.25, 0.3) is 0 Å². The molecule has 2 N–H and O–H groups in total. The molecule has 0 saturated carbocycles. The number of aromatic amines is 1. The fourth-order valence-electron chi connectivity index (χ4n) is 1.28. The molecule has 1 aromatic rings. The Hall–Kier alpha value is -0.830. The van der Waals surface area contributed by atoms with Gasteiger partial charge in [-0.25, -0.2) is 0 Å². The summed E-state index contributed by atoms with van der Waals surface area (Å²) < 4.78 is 0. The molecule has 74 valence electrons. The summed E-state index contributed by atoms with van der Waals surface area (Å²) in [6.45, 7) is 6.32. The first-order valence-electron chi connectivity index (χ1n) is 5.04. The molecule has 0 aliphatic heterocycles. The van der Waals surface area contributed by atoms with Gasteiger partial charge in [-0.2, -0.15) is 5.10 Å². The van der Waals surface area contributed by atoms with Gasteiger partial charge < -0.3 is 5.32 Å². The Kier molecular flexibility index (Phi) is 4.54. The lowest BCUT2D eigenvalue weighted by molar-refractivity contribution is 0.616. The minimum absolute atomic E-state index is 0.937. The van der Waals surface area contributed by atoms with Crippen LogP contribution in [-0.4, -0.2) is 16.7 Å². The summed E-state index contributed by atoms with van der Waals surface area (Å²) in [5, 5.41) is 10.3. The Balaban J connectivity index is 2.10. The smallest absolute Gasteiger partial charge is 0.0535 e. The van der Waals surface area contributed by atoms with Gasteiger partial charge in [-0.15, -0.1) is 0 Å². The van der Waals surface area contributed by atoms with Crippen LogP contribution in [0, 0.1) is 6.92 Å². The van der Waals surface area contributed by atoms with Crippen molar-refractivity contribution in [2.24, 2.45) is 0 Å². The van der Waals surface area contributed by atoms with Crippen molar-refractivity contribution in [3.05, 3.63) is 17.5 Å². The maximum atomic E-state index is 3.97. The predicted octanol–water partition coefficient (Wildman–Crippen LogP) is 2.00. The molecule has 0 radical (unpaired) electrons. The summed E-state index contributed by atoms with van der Waals surface area (Å²) in [4.78, 5) is 0. The summed E-state index contributed by atoms with van der Waals surface area (Å²) in [6, 6.07) is 0. The molecule has 0 aliphatic carbocycles. The van der Waals surface area contributed by atoms with Crippen LogP contribution in [0.15, 0.2) is 6.20 Å². The monoisotopic (exact) mass is 181 g/mol. The zero-order valence-corrected chi connectivity index (χ0v) is 8.56. The molecule has 0 aliphatic rings. The number of hydrogen-bond acceptors (Lipinski definition) is 2. The van der Waals surface area contributed by atoms with Crippen LogP contribution >= 0.6 is 0 Å². The van der Waals surface area contributed by atoms with Crippen LogP contribution in [0.4, 0.5) is 0 Å². The summed E-state index contributed by atoms with van der Waals surface area (Å²) in [6.07, 6.45) is 5.76. The van der Waals surface area contributed by atoms with Crippen LogP contribution in [0.5, 0.6) is 0 Å². The number of aromatic nitrogens is 2. The quantitative estimate of drug-likeness (QED) is 0.659. The normalized spacial score (nSPS) is 10.6. The predicted molar refractivity (Wildman–Crippen MR) is 54.6 cm³/mol. The maximum absolute atomic E-state index is 3.97. The molecule has 0 aromatic carbocycles. The van der Waals surface area contributed by atoms with Gasteiger partial charge in [0.25, 0.3) is 0 Å². The Morgan fingerprint density at radius 3 is 2.92 bits per heavy atom. The highest BCUT2D eigenvalue weighted by atomic mass is 15.1. The number of unbranched alkanes of at least 4 members (excludes halogenated alkanes) is 2. The molecule has 3 heteroatoms. The largest absolute Gasteiger partial charge is 0.313 e. The van der Waals surface area contributed by atoms with Crippen LogP contribution < -0.4 is 5.32 Å². The highest BCUT2D eigenvalue weighted by Gasteiger charge is 1.97. The van der Waals surface area contributed by atoms with E-state index in [-0.39, 0.29) is 0 Å². The van der Waals surface area contributed by atoms with Gasteiger partial charge in [-0.3, -0.25) is 5.10 Å². The molecule has 3 nitrogen and oxygen atoms in total. The summed E-state index contributed by atoms with van der Waals surface area (Å²) in [7, 11) is 0. The second-order valence-electron chi connectivity index (χ2n) is 3.40. The zero-order chi connectivity index (χ0) is 9.52. The topological polar surface area (TPSA) is 40.7 Å². The number of aryl methyl sites for hydroxylation is 1. The van der Waals surface area contributed by atoms with E-state index in [2.05, 4.69) is 29.4 Å². The molecule has 0 bridgehead atoms. The Labute approximate surface area is 79.9 Å². The molecular weight excluding hydrogens is 162 g/mol. The van der Waals surface area contributed by atoms with Gasteiger partial charge in [0.2, 0.25) is 0 Å². The number of H-pyrrole nitrogens is 1. The third-order valence-corrected chi connectivity index (χ3v) is 2.21. The Morgan fingerprint density at radius 1 is 1.46 bits per heavy atom. The Morgan fingerprint density at radius 2 is 2.31 bits per heavy atom. The Bertz CT molecular complexity index is 230. The van der Waals surface area contributed by atoms with Gasteiger partial charge in [0.05, 0.1) is 6.20 Å². The number of nitrogens with zero attached hydrogens (tertiary/aromatic N) is 1. The first-order chi connectivity index (χ1) is 6.34. The van der Waals surface area contributed by atoms with E-state index in [1.54, 1.807) is 0 Å². The number of nitrogens with one attached hydrogen (secondary N) is 2. The van der Waals surface area contributed by atoms with Gasteiger partial charge in [-0.1, -0.05) is 19.8 Å². The molecule has 13 heavy (non-hydrogen) atoms. The van der Waals surface area contributed by atoms with E-state index in [1.165, 1.54) is 30.5 Å². The standard InChI is InChI=1S/C10H19N3/c1-3-4-5-6-11-7-10-8-12-13-9(10)2/h8,11H,3-7H2,1-2H3,(H,12,13). The van der Waals surface area contributed by atoms with Crippen molar-refractivity contribution in [2.75, 3.05) is 6.54 Å². The lowest BCUT2D eigenvalue weighted by Crippen LogP contribution is -2.14. The third-order valence-electron chi connectivity index (χ3n) is 2.21. The fraction of sp³-hybridized carbons (Fsp3) is 0.700. The van der Waals surface area contributed by atoms with Crippen molar-refractivity contribution < 1.29 is 0 Å². The average Bonchev–Trinajstić information content (AvgIpc) is 2.52. The highest BCUT2D eigenvalue weighted by Crippen LogP contribution is 2.01. The SMILES string of the molecule is CCCCCNCc1cn[nH]c1C. The molecule has 1 aromatic heterocycles. The van der Waals surface area contributed by atoms with E-state index in [4.69, 9.17) is 0 Å². The van der Waals surface area contributed by atoms with E-state index in [0.29, 0.717) is 0 Å². The first kappa shape index (κ1) is 10.3. The molecule has 1 heterocycles. The van der Waals surface area contributed by atoms with Gasteiger partial charge in [-0.05, 0) is 19.9 Å². The second kappa shape index (κ2) is 5.75. The van der Waals surface area contributed by atoms with E-state index in [1.807, 2.05) is 6.20 Å². The van der Waals surface area contributed by atoms with Crippen molar-refractivity contribution in [3.8, 4) is 0 Å². The minimum atomic E-state index is 0.937. The lowest BCUT2D eigenvalue weighted by atomic mass is 10.2. The van der Waals surface area contributed by atoms with Crippen molar-refractivity contribution in [1.82, 2.24) is 15.5 Å². The average molecular weight is 181 g/mol. The van der Waals surface area contributed by atoms with Gasteiger partial charge in [0.1, 0.15) is 0 Å². The summed E-state index contributed by atoms with van der Waals surface area (Å²) in [5.74, 6) is 0. The second-order valence-corrected chi connectivity index (χ2v) is 3.40. The highest BCUT2D eigenvalue weighted by molar-refractivity contribution is 5.13. The number of rotatable bonds is 6. The van der Waals surface area contributed by atoms with E-state index < -0.39 is 0 Å². The van der Waals surface area contributed by atoms with Crippen LogP contribution in [0.1, 0.15) is 37.4 Å². The van der Waals surface area contributed by atoms with Crippen molar-refractivity contribution in [2.45, 2.75) is 39.7 Å². The van der Waals surface area contributed by atoms with Crippen LogP contribution in [-0.2, 0) is 6.54 Å². The lowest BCUT2D eigenvalue weighted by Gasteiger charge is -2.02. The zero-order valence-electron chi connectivity index (χ0n) is 8.56.